The van der Waals surface area contributed by atoms with Gasteiger partial charge in [0.2, 0.25) is 0 Å². The summed E-state index contributed by atoms with van der Waals surface area (Å²) in [6.45, 7) is 2.08. The molecule has 0 bridgehead atoms. The maximum absolute atomic E-state index is 12.1. The average molecular weight is 339 g/mol. The molecule has 1 aliphatic heterocycles. The summed E-state index contributed by atoms with van der Waals surface area (Å²) in [5.41, 5.74) is 1.16. The molecule has 1 aromatic rings. The van der Waals surface area contributed by atoms with Crippen LogP contribution < -0.4 is 0 Å². The van der Waals surface area contributed by atoms with Gasteiger partial charge in [-0.2, -0.15) is 0 Å². The Labute approximate surface area is 138 Å². The Kier molecular flexibility index (Phi) is 5.63. The summed E-state index contributed by atoms with van der Waals surface area (Å²) in [7, 11) is 1.63. The standard InChI is InChI=1S/C15H15ClN2O3S/c1-3-21-13(19)9-22-15-17-12(14(20)18(15)2)8-10-4-6-11(16)7-5-10/h4-8H,3,9H2,1-2H3/b12-8+. The van der Waals surface area contributed by atoms with Crippen LogP contribution in [0.15, 0.2) is 35.0 Å². The summed E-state index contributed by atoms with van der Waals surface area (Å²) in [5, 5.41) is 1.12. The summed E-state index contributed by atoms with van der Waals surface area (Å²) in [6.07, 6.45) is 1.69. The average Bonchev–Trinajstić information content (AvgIpc) is 2.76. The number of rotatable bonds is 4. The molecule has 116 valence electrons. The van der Waals surface area contributed by atoms with Crippen molar-refractivity contribution in [1.29, 1.82) is 0 Å². The van der Waals surface area contributed by atoms with Gasteiger partial charge in [0.1, 0.15) is 5.70 Å². The van der Waals surface area contributed by atoms with Crippen LogP contribution in [0.1, 0.15) is 12.5 Å². The molecule has 7 heteroatoms. The molecule has 0 unspecified atom stereocenters. The summed E-state index contributed by atoms with van der Waals surface area (Å²) in [5.74, 6) is -0.411. The largest absolute Gasteiger partial charge is 0.465 e. The number of carbonyl (C=O) groups excluding carboxylic acids is 2. The van der Waals surface area contributed by atoms with Gasteiger partial charge in [-0.05, 0) is 30.7 Å². The number of ether oxygens (including phenoxy) is 1. The van der Waals surface area contributed by atoms with Crippen molar-refractivity contribution < 1.29 is 14.3 Å². The van der Waals surface area contributed by atoms with Crippen LogP contribution in [0, 0.1) is 0 Å². The van der Waals surface area contributed by atoms with E-state index in [1.165, 1.54) is 16.7 Å². The molecule has 1 aliphatic rings. The van der Waals surface area contributed by atoms with E-state index < -0.39 is 0 Å². The van der Waals surface area contributed by atoms with Crippen LogP contribution in [0.2, 0.25) is 5.02 Å². The van der Waals surface area contributed by atoms with Crippen LogP contribution in [0.3, 0.4) is 0 Å². The molecule has 0 saturated carbocycles. The Morgan fingerprint density at radius 2 is 2.09 bits per heavy atom. The predicted molar refractivity (Wildman–Crippen MR) is 88.7 cm³/mol. The van der Waals surface area contributed by atoms with Crippen molar-refractivity contribution in [3.8, 4) is 0 Å². The molecule has 0 N–H and O–H groups in total. The van der Waals surface area contributed by atoms with Gasteiger partial charge in [0, 0.05) is 12.1 Å². The summed E-state index contributed by atoms with van der Waals surface area (Å²) in [6, 6.07) is 7.11. The van der Waals surface area contributed by atoms with Gasteiger partial charge in [0.15, 0.2) is 5.17 Å². The van der Waals surface area contributed by atoms with E-state index in [9.17, 15) is 9.59 Å². The van der Waals surface area contributed by atoms with Gasteiger partial charge in [-0.1, -0.05) is 35.5 Å². The number of carbonyl (C=O) groups is 2. The highest BCUT2D eigenvalue weighted by Gasteiger charge is 2.27. The van der Waals surface area contributed by atoms with Crippen molar-refractivity contribution >= 4 is 46.5 Å². The molecule has 2 rings (SSSR count). The number of thioether (sulfide) groups is 1. The van der Waals surface area contributed by atoms with Crippen LogP contribution in [0.25, 0.3) is 6.08 Å². The highest BCUT2D eigenvalue weighted by molar-refractivity contribution is 8.14. The number of hydrogen-bond acceptors (Lipinski definition) is 5. The maximum Gasteiger partial charge on any atom is 0.316 e. The zero-order valence-corrected chi connectivity index (χ0v) is 13.8. The van der Waals surface area contributed by atoms with Crippen molar-refractivity contribution in [3.63, 3.8) is 0 Å². The van der Waals surface area contributed by atoms with E-state index in [1.54, 1.807) is 32.2 Å². The number of esters is 1. The second-order valence-electron chi connectivity index (χ2n) is 4.43. The van der Waals surface area contributed by atoms with Crippen LogP contribution in [-0.4, -0.2) is 41.4 Å². The number of hydrogen-bond donors (Lipinski definition) is 0. The third-order valence-corrected chi connectivity index (χ3v) is 4.08. The van der Waals surface area contributed by atoms with Crippen LogP contribution in [0.4, 0.5) is 0 Å². The zero-order chi connectivity index (χ0) is 16.1. The molecule has 0 atom stereocenters. The first-order valence-corrected chi connectivity index (χ1v) is 8.00. The molecule has 0 aliphatic carbocycles. The molecule has 0 radical (unpaired) electrons. The fraction of sp³-hybridized carbons (Fsp3) is 0.267. The first-order valence-electron chi connectivity index (χ1n) is 6.63. The zero-order valence-electron chi connectivity index (χ0n) is 12.2. The molecular formula is C15H15ClN2O3S. The topological polar surface area (TPSA) is 59.0 Å². The molecule has 22 heavy (non-hydrogen) atoms. The molecule has 1 amide bonds. The van der Waals surface area contributed by atoms with Gasteiger partial charge < -0.3 is 4.74 Å². The third-order valence-electron chi connectivity index (χ3n) is 2.82. The Hall–Kier alpha value is -1.79. The normalized spacial score (nSPS) is 16.1. The molecule has 0 saturated heterocycles. The summed E-state index contributed by atoms with van der Waals surface area (Å²) >= 11 is 7.01. The van der Waals surface area contributed by atoms with Crippen molar-refractivity contribution in [1.82, 2.24) is 4.90 Å². The van der Waals surface area contributed by atoms with Crippen molar-refractivity contribution in [2.24, 2.45) is 4.99 Å². The number of benzene rings is 1. The van der Waals surface area contributed by atoms with Crippen LogP contribution >= 0.6 is 23.4 Å². The number of aliphatic imine (C=N–C) groups is 1. The molecule has 1 aromatic carbocycles. The Morgan fingerprint density at radius 1 is 1.41 bits per heavy atom. The summed E-state index contributed by atoms with van der Waals surface area (Å²) in [4.78, 5) is 29.2. The van der Waals surface area contributed by atoms with Crippen LogP contribution in [0.5, 0.6) is 0 Å². The van der Waals surface area contributed by atoms with E-state index >= 15 is 0 Å². The van der Waals surface area contributed by atoms with Gasteiger partial charge in [0.25, 0.3) is 5.91 Å². The second-order valence-corrected chi connectivity index (χ2v) is 5.81. The quantitative estimate of drug-likeness (QED) is 0.625. The highest BCUT2D eigenvalue weighted by atomic mass is 35.5. The Bertz CT molecular complexity index is 641. The molecule has 5 nitrogen and oxygen atoms in total. The second kappa shape index (κ2) is 7.47. The number of halogens is 1. The molecule has 0 spiro atoms. The Balaban J connectivity index is 2.11. The SMILES string of the molecule is CCOC(=O)CSC1=N/C(=C/c2ccc(Cl)cc2)C(=O)N1C. The highest BCUT2D eigenvalue weighted by Crippen LogP contribution is 2.23. The third kappa shape index (κ3) is 4.11. The van der Waals surface area contributed by atoms with Crippen LogP contribution in [-0.2, 0) is 14.3 Å². The molecule has 1 heterocycles. The molecular weight excluding hydrogens is 324 g/mol. The summed E-state index contributed by atoms with van der Waals surface area (Å²) < 4.78 is 4.85. The van der Waals surface area contributed by atoms with Gasteiger partial charge in [0.05, 0.1) is 12.4 Å². The van der Waals surface area contributed by atoms with E-state index in [2.05, 4.69) is 4.99 Å². The lowest BCUT2D eigenvalue weighted by molar-refractivity contribution is -0.139. The minimum atomic E-state index is -0.328. The lowest BCUT2D eigenvalue weighted by Crippen LogP contribution is -2.26. The van der Waals surface area contributed by atoms with Gasteiger partial charge >= 0.3 is 5.97 Å². The monoisotopic (exact) mass is 338 g/mol. The predicted octanol–water partition coefficient (Wildman–Crippen LogP) is 2.81. The fourth-order valence-electron chi connectivity index (χ4n) is 1.75. The van der Waals surface area contributed by atoms with E-state index in [4.69, 9.17) is 16.3 Å². The van der Waals surface area contributed by atoms with Gasteiger partial charge in [-0.15, -0.1) is 0 Å². The van der Waals surface area contributed by atoms with E-state index in [-0.39, 0.29) is 17.6 Å². The first kappa shape index (κ1) is 16.6. The lowest BCUT2D eigenvalue weighted by Gasteiger charge is -2.10. The van der Waals surface area contributed by atoms with Crippen molar-refractivity contribution in [2.45, 2.75) is 6.92 Å². The number of amides is 1. The lowest BCUT2D eigenvalue weighted by atomic mass is 10.2. The van der Waals surface area contributed by atoms with Crippen molar-refractivity contribution in [2.75, 3.05) is 19.4 Å². The number of likely N-dealkylation sites (N-methyl/N-ethyl adjacent to an activating group) is 1. The first-order chi connectivity index (χ1) is 10.5. The maximum atomic E-state index is 12.1. The molecule has 0 fully saturated rings. The minimum Gasteiger partial charge on any atom is -0.465 e. The number of amidine groups is 1. The van der Waals surface area contributed by atoms with Gasteiger partial charge in [-0.3, -0.25) is 14.5 Å². The van der Waals surface area contributed by atoms with E-state index in [0.29, 0.717) is 22.5 Å². The Morgan fingerprint density at radius 3 is 2.73 bits per heavy atom. The van der Waals surface area contributed by atoms with E-state index in [0.717, 1.165) is 5.56 Å². The van der Waals surface area contributed by atoms with Gasteiger partial charge in [-0.25, -0.2) is 4.99 Å². The van der Waals surface area contributed by atoms with E-state index in [1.807, 2.05) is 12.1 Å². The fourth-order valence-corrected chi connectivity index (χ4v) is 2.65. The molecule has 0 aromatic heterocycles. The smallest absolute Gasteiger partial charge is 0.316 e. The minimum absolute atomic E-state index is 0.124. The number of nitrogens with zero attached hydrogens (tertiary/aromatic N) is 2. The van der Waals surface area contributed by atoms with Crippen molar-refractivity contribution in [3.05, 3.63) is 40.5 Å².